The lowest BCUT2D eigenvalue weighted by Crippen LogP contribution is -2.01. The zero-order valence-electron chi connectivity index (χ0n) is 12.2. The highest BCUT2D eigenvalue weighted by Crippen LogP contribution is 2.32. The van der Waals surface area contributed by atoms with Crippen molar-refractivity contribution in [2.75, 3.05) is 7.11 Å². The molecular weight excluding hydrogens is 252 g/mol. The first-order chi connectivity index (χ1) is 9.43. The van der Waals surface area contributed by atoms with Crippen molar-refractivity contribution in [3.63, 3.8) is 0 Å². The van der Waals surface area contributed by atoms with Crippen molar-refractivity contribution in [2.24, 2.45) is 0 Å². The number of hydrogen-bond acceptors (Lipinski definition) is 2. The Labute approximate surface area is 118 Å². The molecule has 0 saturated carbocycles. The van der Waals surface area contributed by atoms with Crippen LogP contribution in [0.2, 0.25) is 0 Å². The molecule has 0 spiro atoms. The fourth-order valence-corrected chi connectivity index (χ4v) is 2.37. The van der Waals surface area contributed by atoms with E-state index in [4.69, 9.17) is 4.74 Å². The molecule has 0 aromatic heterocycles. The summed E-state index contributed by atoms with van der Waals surface area (Å²) in [5, 5.41) is 9.39. The average molecular weight is 270 g/mol. The zero-order valence-corrected chi connectivity index (χ0v) is 12.2. The van der Waals surface area contributed by atoms with Gasteiger partial charge in [-0.3, -0.25) is 0 Å². The molecule has 104 valence electrons. The third kappa shape index (κ3) is 2.52. The Morgan fingerprint density at radius 1 is 1.00 bits per heavy atom. The second-order valence-corrected chi connectivity index (χ2v) is 4.99. The van der Waals surface area contributed by atoms with Crippen LogP contribution >= 0.6 is 0 Å². The number of ether oxygens (including phenoxy) is 1. The number of benzene rings is 2. The van der Waals surface area contributed by atoms with E-state index in [1.54, 1.807) is 13.2 Å². The summed E-state index contributed by atoms with van der Waals surface area (Å²) in [5.74, 6) is -0.0909. The van der Waals surface area contributed by atoms with Gasteiger partial charge in [0.1, 0.15) is 5.75 Å². The largest absolute Gasteiger partial charge is 0.496 e. The van der Waals surface area contributed by atoms with Gasteiger partial charge in [0.25, 0.3) is 0 Å². The minimum Gasteiger partial charge on any atom is -0.496 e. The molecule has 0 aliphatic carbocycles. The molecule has 0 unspecified atom stereocenters. The van der Waals surface area contributed by atoms with Crippen LogP contribution in [0.1, 0.15) is 27.0 Å². The number of carboxylic acid groups (broad SMARTS) is 1. The summed E-state index contributed by atoms with van der Waals surface area (Å²) in [4.78, 5) is 11.4. The smallest absolute Gasteiger partial charge is 0.336 e. The Morgan fingerprint density at radius 3 is 2.30 bits per heavy atom. The summed E-state index contributed by atoms with van der Waals surface area (Å²) in [6.07, 6.45) is 0. The van der Waals surface area contributed by atoms with E-state index < -0.39 is 5.97 Å². The van der Waals surface area contributed by atoms with Gasteiger partial charge in [0.2, 0.25) is 0 Å². The summed E-state index contributed by atoms with van der Waals surface area (Å²) in [5.41, 5.74) is 4.93. The highest BCUT2D eigenvalue weighted by Gasteiger charge is 2.15. The quantitative estimate of drug-likeness (QED) is 0.917. The first kappa shape index (κ1) is 14.1. The van der Waals surface area contributed by atoms with Crippen LogP contribution < -0.4 is 4.74 Å². The van der Waals surface area contributed by atoms with Crippen molar-refractivity contribution >= 4 is 5.97 Å². The number of rotatable bonds is 3. The van der Waals surface area contributed by atoms with E-state index >= 15 is 0 Å². The molecule has 0 fully saturated rings. The van der Waals surface area contributed by atoms with Crippen LogP contribution in [0, 0.1) is 20.8 Å². The summed E-state index contributed by atoms with van der Waals surface area (Å²) < 4.78 is 5.30. The van der Waals surface area contributed by atoms with E-state index in [2.05, 4.69) is 0 Å². The normalized spacial score (nSPS) is 10.4. The molecule has 2 rings (SSSR count). The molecule has 3 heteroatoms. The maximum atomic E-state index is 11.4. The van der Waals surface area contributed by atoms with E-state index in [-0.39, 0.29) is 0 Å². The summed E-state index contributed by atoms with van der Waals surface area (Å²) in [6, 6.07) is 9.42. The third-order valence-corrected chi connectivity index (χ3v) is 3.44. The molecule has 2 aromatic carbocycles. The molecule has 0 heterocycles. The van der Waals surface area contributed by atoms with Crippen LogP contribution in [0.3, 0.4) is 0 Å². The Morgan fingerprint density at radius 2 is 1.70 bits per heavy atom. The third-order valence-electron chi connectivity index (χ3n) is 3.44. The minimum atomic E-state index is -0.906. The molecule has 3 nitrogen and oxygen atoms in total. The molecule has 20 heavy (non-hydrogen) atoms. The first-order valence-corrected chi connectivity index (χ1v) is 6.43. The van der Waals surface area contributed by atoms with Gasteiger partial charge in [0.05, 0.1) is 12.7 Å². The number of methoxy groups -OCH3 is 1. The van der Waals surface area contributed by atoms with Gasteiger partial charge in [-0.1, -0.05) is 17.7 Å². The molecule has 0 radical (unpaired) electrons. The molecule has 0 saturated heterocycles. The molecule has 0 aliphatic rings. The second kappa shape index (κ2) is 5.37. The van der Waals surface area contributed by atoms with E-state index in [0.29, 0.717) is 5.56 Å². The SMILES string of the molecule is COc1cc(C)c(-c2ccc(C)cc2C(=O)O)cc1C. The Kier molecular flexibility index (Phi) is 3.79. The van der Waals surface area contributed by atoms with Crippen LogP contribution in [0.4, 0.5) is 0 Å². The lowest BCUT2D eigenvalue weighted by Gasteiger charge is -2.14. The van der Waals surface area contributed by atoms with Crippen LogP contribution in [0.5, 0.6) is 5.75 Å². The van der Waals surface area contributed by atoms with E-state index in [1.165, 1.54) is 0 Å². The molecule has 0 aliphatic heterocycles. The van der Waals surface area contributed by atoms with Crippen molar-refractivity contribution in [3.05, 3.63) is 52.6 Å². The topological polar surface area (TPSA) is 46.5 Å². The Hall–Kier alpha value is -2.29. The van der Waals surface area contributed by atoms with Crippen LogP contribution in [0.25, 0.3) is 11.1 Å². The lowest BCUT2D eigenvalue weighted by molar-refractivity contribution is 0.0697. The van der Waals surface area contributed by atoms with Gasteiger partial charge in [0.15, 0.2) is 0 Å². The van der Waals surface area contributed by atoms with Gasteiger partial charge in [-0.15, -0.1) is 0 Å². The average Bonchev–Trinajstić information content (AvgIpc) is 2.41. The first-order valence-electron chi connectivity index (χ1n) is 6.43. The summed E-state index contributed by atoms with van der Waals surface area (Å²) in [6.45, 7) is 5.81. The highest BCUT2D eigenvalue weighted by molar-refractivity contribution is 5.96. The van der Waals surface area contributed by atoms with Gasteiger partial charge in [-0.2, -0.15) is 0 Å². The maximum absolute atomic E-state index is 11.4. The van der Waals surface area contributed by atoms with Gasteiger partial charge in [-0.25, -0.2) is 4.79 Å². The predicted octanol–water partition coefficient (Wildman–Crippen LogP) is 3.99. The predicted molar refractivity (Wildman–Crippen MR) is 79.6 cm³/mol. The fourth-order valence-electron chi connectivity index (χ4n) is 2.37. The van der Waals surface area contributed by atoms with Gasteiger partial charge in [0, 0.05) is 0 Å². The molecule has 0 amide bonds. The number of hydrogen-bond donors (Lipinski definition) is 1. The van der Waals surface area contributed by atoms with E-state index in [1.807, 2.05) is 45.0 Å². The van der Waals surface area contributed by atoms with Gasteiger partial charge in [-0.05, 0) is 61.2 Å². The molecule has 0 bridgehead atoms. The van der Waals surface area contributed by atoms with Crippen molar-refractivity contribution in [1.29, 1.82) is 0 Å². The fraction of sp³-hybridized carbons (Fsp3) is 0.235. The number of aromatic carboxylic acids is 1. The molecule has 0 atom stereocenters. The molecule has 2 aromatic rings. The zero-order chi connectivity index (χ0) is 14.9. The highest BCUT2D eigenvalue weighted by atomic mass is 16.5. The second-order valence-electron chi connectivity index (χ2n) is 4.99. The van der Waals surface area contributed by atoms with Crippen molar-refractivity contribution < 1.29 is 14.6 Å². The summed E-state index contributed by atoms with van der Waals surface area (Å²) in [7, 11) is 1.63. The van der Waals surface area contributed by atoms with Gasteiger partial charge >= 0.3 is 5.97 Å². The number of aryl methyl sites for hydroxylation is 3. The van der Waals surface area contributed by atoms with Crippen LogP contribution in [0.15, 0.2) is 30.3 Å². The Bertz CT molecular complexity index is 672. The van der Waals surface area contributed by atoms with Crippen molar-refractivity contribution in [3.8, 4) is 16.9 Å². The minimum absolute atomic E-state index is 0.331. The van der Waals surface area contributed by atoms with Crippen LogP contribution in [-0.2, 0) is 0 Å². The maximum Gasteiger partial charge on any atom is 0.336 e. The van der Waals surface area contributed by atoms with E-state index in [0.717, 1.165) is 33.6 Å². The van der Waals surface area contributed by atoms with Gasteiger partial charge < -0.3 is 9.84 Å². The van der Waals surface area contributed by atoms with E-state index in [9.17, 15) is 9.90 Å². The Balaban J connectivity index is 2.69. The van der Waals surface area contributed by atoms with Crippen molar-refractivity contribution in [1.82, 2.24) is 0 Å². The monoisotopic (exact) mass is 270 g/mol. The summed E-state index contributed by atoms with van der Waals surface area (Å²) >= 11 is 0. The number of carbonyl (C=O) groups is 1. The standard InChI is InChI=1S/C17H18O3/c1-10-5-6-13(15(7-10)17(18)19)14-8-12(3)16(20-4)9-11(14)2/h5-9H,1-4H3,(H,18,19). The number of carboxylic acids is 1. The molecular formula is C17H18O3. The molecule has 1 N–H and O–H groups in total. The van der Waals surface area contributed by atoms with Crippen LogP contribution in [-0.4, -0.2) is 18.2 Å². The van der Waals surface area contributed by atoms with Crippen molar-refractivity contribution in [2.45, 2.75) is 20.8 Å². The lowest BCUT2D eigenvalue weighted by atomic mass is 9.93.